The Bertz CT molecular complexity index is 1400. The number of hydrogen-bond donors (Lipinski definition) is 1. The first-order chi connectivity index (χ1) is 19.0. The zero-order valence-electron chi connectivity index (χ0n) is 22.9. The van der Waals surface area contributed by atoms with Crippen molar-refractivity contribution in [2.24, 2.45) is 0 Å². The third-order valence-electron chi connectivity index (χ3n) is 6.49. The number of rotatable bonds is 13. The number of benzene rings is 3. The number of halogens is 2. The van der Waals surface area contributed by atoms with Crippen molar-refractivity contribution in [2.75, 3.05) is 23.7 Å². The smallest absolute Gasteiger partial charge is 0.244 e. The van der Waals surface area contributed by atoms with Gasteiger partial charge in [-0.05, 0) is 54.3 Å². The molecule has 3 aromatic carbocycles. The van der Waals surface area contributed by atoms with Crippen LogP contribution in [0.25, 0.3) is 0 Å². The average molecular weight is 649 g/mol. The molecule has 0 aromatic heterocycles. The largest absolute Gasteiger partial charge is 0.354 e. The van der Waals surface area contributed by atoms with Crippen LogP contribution in [0.4, 0.5) is 5.69 Å². The predicted octanol–water partition coefficient (Wildman–Crippen LogP) is 5.73. The Morgan fingerprint density at radius 3 is 2.27 bits per heavy atom. The van der Waals surface area contributed by atoms with Crippen LogP contribution in [-0.4, -0.2) is 50.5 Å². The van der Waals surface area contributed by atoms with Gasteiger partial charge in [0.25, 0.3) is 0 Å². The Hall–Kier alpha value is -2.88. The normalized spacial score (nSPS) is 12.0. The number of unbranched alkanes of at least 4 members (excludes halogenated alkanes) is 1. The summed E-state index contributed by atoms with van der Waals surface area (Å²) in [7, 11) is -3.86. The fourth-order valence-electron chi connectivity index (χ4n) is 4.20. The van der Waals surface area contributed by atoms with Gasteiger partial charge in [-0.1, -0.05) is 89.4 Å². The molecule has 0 aliphatic rings. The topological polar surface area (TPSA) is 86.8 Å². The van der Waals surface area contributed by atoms with Crippen LogP contribution in [0.1, 0.15) is 36.5 Å². The van der Waals surface area contributed by atoms with Crippen LogP contribution in [0.3, 0.4) is 0 Å². The van der Waals surface area contributed by atoms with Crippen molar-refractivity contribution in [1.82, 2.24) is 10.2 Å². The predicted molar refractivity (Wildman–Crippen MR) is 165 cm³/mol. The number of nitrogens with one attached hydrogen (secondary N) is 1. The Balaban J connectivity index is 2.03. The third-order valence-corrected chi connectivity index (χ3v) is 8.57. The highest BCUT2D eigenvalue weighted by molar-refractivity contribution is 9.10. The molecule has 0 aliphatic heterocycles. The van der Waals surface area contributed by atoms with E-state index in [1.165, 1.54) is 11.0 Å². The summed E-state index contributed by atoms with van der Waals surface area (Å²) >= 11 is 9.73. The second-order valence-corrected chi connectivity index (χ2v) is 12.9. The standard InChI is InChI=1S/C30H35BrClN3O4S/c1-4-5-17-33-30(37)28(18-23-9-7-6-8-10-23)34(20-24-12-14-25(31)15-13-24)29(36)21-35(40(3,38)39)26-16-11-22(2)27(32)19-26/h6-16,19,28H,4-5,17-18,20-21H2,1-3H3,(H,33,37)/t28-/m1/s1. The minimum atomic E-state index is -3.86. The highest BCUT2D eigenvalue weighted by Crippen LogP contribution is 2.26. The number of sulfonamides is 1. The minimum Gasteiger partial charge on any atom is -0.354 e. The highest BCUT2D eigenvalue weighted by atomic mass is 79.9. The van der Waals surface area contributed by atoms with E-state index in [9.17, 15) is 18.0 Å². The monoisotopic (exact) mass is 647 g/mol. The summed E-state index contributed by atoms with van der Waals surface area (Å²) in [6, 6.07) is 20.9. The number of carbonyl (C=O) groups excluding carboxylic acids is 2. The maximum Gasteiger partial charge on any atom is 0.244 e. The lowest BCUT2D eigenvalue weighted by atomic mass is 10.0. The third kappa shape index (κ3) is 9.08. The van der Waals surface area contributed by atoms with Gasteiger partial charge in [0.15, 0.2) is 0 Å². The number of carbonyl (C=O) groups is 2. The molecule has 1 N–H and O–H groups in total. The van der Waals surface area contributed by atoms with Crippen molar-refractivity contribution in [1.29, 1.82) is 0 Å². The van der Waals surface area contributed by atoms with Crippen molar-refractivity contribution in [3.05, 3.63) is 99.0 Å². The van der Waals surface area contributed by atoms with E-state index in [0.29, 0.717) is 11.6 Å². The van der Waals surface area contributed by atoms with Gasteiger partial charge in [0.2, 0.25) is 21.8 Å². The van der Waals surface area contributed by atoms with Crippen LogP contribution >= 0.6 is 27.5 Å². The maximum atomic E-state index is 14.1. The van der Waals surface area contributed by atoms with Crippen molar-refractivity contribution in [3.63, 3.8) is 0 Å². The Morgan fingerprint density at radius 2 is 1.68 bits per heavy atom. The lowest BCUT2D eigenvalue weighted by Crippen LogP contribution is -2.53. The van der Waals surface area contributed by atoms with Gasteiger partial charge in [-0.2, -0.15) is 0 Å². The Morgan fingerprint density at radius 1 is 1.00 bits per heavy atom. The molecule has 1 atom stereocenters. The summed E-state index contributed by atoms with van der Waals surface area (Å²) in [6.07, 6.45) is 3.04. The van der Waals surface area contributed by atoms with E-state index in [-0.39, 0.29) is 24.6 Å². The molecule has 2 amide bonds. The van der Waals surface area contributed by atoms with E-state index >= 15 is 0 Å². The molecule has 0 radical (unpaired) electrons. The van der Waals surface area contributed by atoms with Crippen molar-refractivity contribution >= 4 is 55.1 Å². The first-order valence-corrected chi connectivity index (χ1v) is 16.1. The highest BCUT2D eigenvalue weighted by Gasteiger charge is 2.33. The van der Waals surface area contributed by atoms with E-state index in [1.54, 1.807) is 12.1 Å². The number of amides is 2. The van der Waals surface area contributed by atoms with Gasteiger partial charge in [-0.3, -0.25) is 13.9 Å². The lowest BCUT2D eigenvalue weighted by Gasteiger charge is -2.33. The molecular formula is C30H35BrClN3O4S. The molecule has 0 unspecified atom stereocenters. The molecule has 0 aliphatic carbocycles. The zero-order valence-corrected chi connectivity index (χ0v) is 26.1. The summed E-state index contributed by atoms with van der Waals surface area (Å²) in [6.45, 7) is 3.97. The van der Waals surface area contributed by atoms with E-state index in [0.717, 1.165) is 44.6 Å². The molecule has 10 heteroatoms. The number of nitrogens with zero attached hydrogens (tertiary/aromatic N) is 2. The van der Waals surface area contributed by atoms with Gasteiger partial charge in [-0.25, -0.2) is 8.42 Å². The lowest BCUT2D eigenvalue weighted by molar-refractivity contribution is -0.140. The van der Waals surface area contributed by atoms with Crippen LogP contribution in [0, 0.1) is 6.92 Å². The van der Waals surface area contributed by atoms with Gasteiger partial charge in [-0.15, -0.1) is 0 Å². The second-order valence-electron chi connectivity index (χ2n) is 9.70. The van der Waals surface area contributed by atoms with Crippen molar-refractivity contribution < 1.29 is 18.0 Å². The Labute approximate surface area is 250 Å². The minimum absolute atomic E-state index is 0.122. The summed E-state index contributed by atoms with van der Waals surface area (Å²) in [5.41, 5.74) is 2.76. The maximum absolute atomic E-state index is 14.1. The van der Waals surface area contributed by atoms with Crippen LogP contribution in [0.5, 0.6) is 0 Å². The molecule has 7 nitrogen and oxygen atoms in total. The summed E-state index contributed by atoms with van der Waals surface area (Å²) < 4.78 is 27.7. The molecular weight excluding hydrogens is 614 g/mol. The van der Waals surface area contributed by atoms with E-state index < -0.39 is 28.5 Å². The molecule has 0 spiro atoms. The first-order valence-electron chi connectivity index (χ1n) is 13.1. The quantitative estimate of drug-likeness (QED) is 0.240. The molecule has 3 rings (SSSR count). The van der Waals surface area contributed by atoms with E-state index in [2.05, 4.69) is 21.2 Å². The SMILES string of the molecule is CCCCNC(=O)[C@@H](Cc1ccccc1)N(Cc1ccc(Br)cc1)C(=O)CN(c1ccc(C)c(Cl)c1)S(C)(=O)=O. The van der Waals surface area contributed by atoms with Gasteiger partial charge in [0.1, 0.15) is 12.6 Å². The second kappa shape index (κ2) is 14.7. The first kappa shape index (κ1) is 31.6. The number of aryl methyl sites for hydroxylation is 1. The van der Waals surface area contributed by atoms with Gasteiger partial charge in [0.05, 0.1) is 11.9 Å². The molecule has 214 valence electrons. The molecule has 0 bridgehead atoms. The van der Waals surface area contributed by atoms with Crippen LogP contribution in [0.2, 0.25) is 5.02 Å². The number of anilines is 1. The van der Waals surface area contributed by atoms with E-state index in [1.807, 2.05) is 68.4 Å². The average Bonchev–Trinajstić information content (AvgIpc) is 2.92. The van der Waals surface area contributed by atoms with Crippen molar-refractivity contribution in [2.45, 2.75) is 45.7 Å². The van der Waals surface area contributed by atoms with Crippen LogP contribution in [-0.2, 0) is 32.6 Å². The van der Waals surface area contributed by atoms with E-state index in [4.69, 9.17) is 11.6 Å². The molecule has 40 heavy (non-hydrogen) atoms. The van der Waals surface area contributed by atoms with Crippen LogP contribution in [0.15, 0.2) is 77.3 Å². The van der Waals surface area contributed by atoms with Gasteiger partial charge >= 0.3 is 0 Å². The number of hydrogen-bond acceptors (Lipinski definition) is 4. The van der Waals surface area contributed by atoms with Gasteiger partial charge < -0.3 is 10.2 Å². The van der Waals surface area contributed by atoms with Gasteiger partial charge in [0, 0.05) is 29.0 Å². The molecule has 0 saturated carbocycles. The van der Waals surface area contributed by atoms with Crippen LogP contribution < -0.4 is 9.62 Å². The molecule has 3 aromatic rings. The van der Waals surface area contributed by atoms with Crippen molar-refractivity contribution in [3.8, 4) is 0 Å². The fourth-order valence-corrected chi connectivity index (χ4v) is 5.48. The Kier molecular flexibility index (Phi) is 11.6. The summed E-state index contributed by atoms with van der Waals surface area (Å²) in [5.74, 6) is -0.788. The summed E-state index contributed by atoms with van der Waals surface area (Å²) in [4.78, 5) is 29.1. The zero-order chi connectivity index (χ0) is 29.3. The molecule has 0 heterocycles. The molecule has 0 fully saturated rings. The molecule has 0 saturated heterocycles. The summed E-state index contributed by atoms with van der Waals surface area (Å²) in [5, 5.41) is 3.36. The fraction of sp³-hybridized carbons (Fsp3) is 0.333.